The van der Waals surface area contributed by atoms with Crippen LogP contribution < -0.4 is 20.5 Å². The number of hydrazone groups is 1. The highest BCUT2D eigenvalue weighted by Crippen LogP contribution is 2.38. The maximum Gasteiger partial charge on any atom is 0.315 e. The van der Waals surface area contributed by atoms with Crippen molar-refractivity contribution in [3.63, 3.8) is 0 Å². The van der Waals surface area contributed by atoms with Gasteiger partial charge in [-0.25, -0.2) is 5.43 Å². The van der Waals surface area contributed by atoms with Gasteiger partial charge in [0.1, 0.15) is 5.56 Å². The van der Waals surface area contributed by atoms with E-state index in [1.54, 1.807) is 6.07 Å². The number of pyridine rings is 1. The van der Waals surface area contributed by atoms with Crippen LogP contribution in [0.3, 0.4) is 0 Å². The number of aryl methyl sites for hydroxylation is 1. The number of aromatic nitrogens is 1. The zero-order valence-electron chi connectivity index (χ0n) is 16.4. The third kappa shape index (κ3) is 5.41. The monoisotopic (exact) mass is 402 g/mol. The van der Waals surface area contributed by atoms with Crippen LogP contribution in [0.4, 0.5) is 5.69 Å². The molecular weight excluding hydrogens is 380 g/mol. The summed E-state index contributed by atoms with van der Waals surface area (Å²) < 4.78 is 12.0. The lowest BCUT2D eigenvalue weighted by atomic mass is 10.2. The van der Waals surface area contributed by atoms with Crippen LogP contribution in [0, 0.1) is 10.1 Å². The second-order valence-electron chi connectivity index (χ2n) is 6.07. The van der Waals surface area contributed by atoms with E-state index in [9.17, 15) is 19.7 Å². The number of nitrogens with one attached hydrogen (secondary N) is 1. The first-order valence-electron chi connectivity index (χ1n) is 8.87. The molecule has 0 spiro atoms. The lowest BCUT2D eigenvalue weighted by Gasteiger charge is -2.11. The van der Waals surface area contributed by atoms with Crippen molar-refractivity contribution >= 4 is 17.8 Å². The number of methoxy groups -OCH3 is 1. The van der Waals surface area contributed by atoms with Gasteiger partial charge in [0.05, 0.1) is 24.9 Å². The topological polar surface area (TPSA) is 125 Å². The zero-order valence-corrected chi connectivity index (χ0v) is 16.4. The summed E-state index contributed by atoms with van der Waals surface area (Å²) in [5.41, 5.74) is 1.74. The molecule has 2 rings (SSSR count). The number of benzene rings is 1. The van der Waals surface area contributed by atoms with Crippen molar-refractivity contribution < 1.29 is 19.2 Å². The molecule has 154 valence electrons. The first-order valence-corrected chi connectivity index (χ1v) is 8.87. The molecule has 2 aromatic rings. The van der Waals surface area contributed by atoms with Gasteiger partial charge in [0.25, 0.3) is 11.5 Å². The Labute approximate surface area is 166 Å². The summed E-state index contributed by atoms with van der Waals surface area (Å²) in [4.78, 5) is 34.9. The third-order valence-corrected chi connectivity index (χ3v) is 3.97. The van der Waals surface area contributed by atoms with Crippen LogP contribution >= 0.6 is 0 Å². The molecule has 1 N–H and O–H groups in total. The number of unbranched alkanes of at least 4 members (excludes halogenated alkanes) is 1. The summed E-state index contributed by atoms with van der Waals surface area (Å²) >= 11 is 0. The Balaban J connectivity index is 2.24. The van der Waals surface area contributed by atoms with Crippen LogP contribution in [-0.2, 0) is 7.05 Å². The minimum Gasteiger partial charge on any atom is -0.493 e. The molecule has 0 saturated carbocycles. The fourth-order valence-corrected chi connectivity index (χ4v) is 2.43. The smallest absolute Gasteiger partial charge is 0.315 e. The fraction of sp³-hybridized carbons (Fsp3) is 0.316. The van der Waals surface area contributed by atoms with Gasteiger partial charge in [0, 0.05) is 24.9 Å². The predicted molar refractivity (Wildman–Crippen MR) is 107 cm³/mol. The molecule has 0 fully saturated rings. The molecule has 0 aliphatic carbocycles. The normalized spacial score (nSPS) is 10.7. The van der Waals surface area contributed by atoms with Gasteiger partial charge in [0.15, 0.2) is 5.75 Å². The number of ether oxygens (including phenoxy) is 2. The minimum absolute atomic E-state index is 0.0416. The van der Waals surface area contributed by atoms with E-state index in [1.807, 2.05) is 6.92 Å². The van der Waals surface area contributed by atoms with E-state index in [0.717, 1.165) is 12.8 Å². The van der Waals surface area contributed by atoms with Crippen LogP contribution in [0.2, 0.25) is 0 Å². The van der Waals surface area contributed by atoms with Gasteiger partial charge in [-0.2, -0.15) is 5.10 Å². The second-order valence-corrected chi connectivity index (χ2v) is 6.07. The second kappa shape index (κ2) is 10.0. The highest BCUT2D eigenvalue weighted by atomic mass is 16.6. The molecule has 0 unspecified atom stereocenters. The van der Waals surface area contributed by atoms with Crippen molar-refractivity contribution in [2.75, 3.05) is 13.7 Å². The third-order valence-electron chi connectivity index (χ3n) is 3.97. The first kappa shape index (κ1) is 21.6. The van der Waals surface area contributed by atoms with E-state index in [2.05, 4.69) is 10.5 Å². The Bertz CT molecular complexity index is 983. The molecule has 1 aromatic carbocycles. The average molecular weight is 402 g/mol. The number of nitro groups is 1. The summed E-state index contributed by atoms with van der Waals surface area (Å²) in [6.07, 6.45) is 4.37. The number of nitro benzene ring substituents is 1. The number of carbonyl (C=O) groups excluding carboxylic acids is 1. The van der Waals surface area contributed by atoms with Crippen LogP contribution in [0.1, 0.15) is 35.7 Å². The quantitative estimate of drug-likeness (QED) is 0.297. The van der Waals surface area contributed by atoms with Crippen molar-refractivity contribution in [3.8, 4) is 11.5 Å². The molecule has 0 aliphatic heterocycles. The molecular formula is C19H22N4O6. The predicted octanol–water partition coefficient (Wildman–Crippen LogP) is 2.24. The molecule has 1 heterocycles. The van der Waals surface area contributed by atoms with Crippen molar-refractivity contribution in [3.05, 3.63) is 62.1 Å². The lowest BCUT2D eigenvalue weighted by Crippen LogP contribution is -2.29. The standard InChI is InChI=1S/C19H22N4O6/c1-4-5-9-29-17-15(23(26)27)10-13(11-16(17)28-3)12-20-21-18(24)14-7-6-8-22(2)19(14)25/h6-8,10-12H,4-5,9H2,1-3H3,(H,21,24)/b20-12-. The van der Waals surface area contributed by atoms with E-state index < -0.39 is 16.4 Å². The number of amides is 1. The van der Waals surface area contributed by atoms with Crippen molar-refractivity contribution in [2.24, 2.45) is 12.1 Å². The van der Waals surface area contributed by atoms with Gasteiger partial charge in [-0.05, 0) is 24.6 Å². The summed E-state index contributed by atoms with van der Waals surface area (Å²) in [6, 6.07) is 5.71. The molecule has 10 heteroatoms. The molecule has 1 aromatic heterocycles. The van der Waals surface area contributed by atoms with Crippen molar-refractivity contribution in [1.82, 2.24) is 9.99 Å². The van der Waals surface area contributed by atoms with Gasteiger partial charge < -0.3 is 14.0 Å². The summed E-state index contributed by atoms with van der Waals surface area (Å²) in [5.74, 6) is -0.469. The lowest BCUT2D eigenvalue weighted by molar-refractivity contribution is -0.386. The van der Waals surface area contributed by atoms with Gasteiger partial charge >= 0.3 is 5.69 Å². The van der Waals surface area contributed by atoms with Crippen LogP contribution in [0.25, 0.3) is 0 Å². The first-order chi connectivity index (χ1) is 13.9. The van der Waals surface area contributed by atoms with Crippen molar-refractivity contribution in [2.45, 2.75) is 19.8 Å². The molecule has 0 bridgehead atoms. The molecule has 0 atom stereocenters. The van der Waals surface area contributed by atoms with E-state index in [-0.39, 0.29) is 22.7 Å². The van der Waals surface area contributed by atoms with Gasteiger partial charge in [-0.15, -0.1) is 0 Å². The largest absolute Gasteiger partial charge is 0.493 e. The molecule has 0 radical (unpaired) electrons. The summed E-state index contributed by atoms with van der Waals surface area (Å²) in [6.45, 7) is 2.30. The van der Waals surface area contributed by atoms with Gasteiger partial charge in [0.2, 0.25) is 5.75 Å². The van der Waals surface area contributed by atoms with Crippen LogP contribution in [0.5, 0.6) is 11.5 Å². The Morgan fingerprint density at radius 2 is 2.17 bits per heavy atom. The van der Waals surface area contributed by atoms with Crippen LogP contribution in [-0.4, -0.2) is 35.3 Å². The highest BCUT2D eigenvalue weighted by Gasteiger charge is 2.22. The zero-order chi connectivity index (χ0) is 21.4. The Hall–Kier alpha value is -3.69. The van der Waals surface area contributed by atoms with Crippen molar-refractivity contribution in [1.29, 1.82) is 0 Å². The Kier molecular flexibility index (Phi) is 7.47. The van der Waals surface area contributed by atoms with E-state index in [4.69, 9.17) is 9.47 Å². The Morgan fingerprint density at radius 1 is 1.41 bits per heavy atom. The maximum absolute atomic E-state index is 12.1. The molecule has 0 saturated heterocycles. The average Bonchev–Trinajstić information content (AvgIpc) is 2.70. The van der Waals surface area contributed by atoms with E-state index in [1.165, 1.54) is 49.3 Å². The SMILES string of the molecule is CCCCOc1c(OC)cc(/C=N\NC(=O)c2cccn(C)c2=O)cc1[N+](=O)[O-]. The fourth-order valence-electron chi connectivity index (χ4n) is 2.43. The van der Waals surface area contributed by atoms with E-state index >= 15 is 0 Å². The number of hydrogen-bond acceptors (Lipinski definition) is 7. The highest BCUT2D eigenvalue weighted by molar-refractivity contribution is 5.94. The van der Waals surface area contributed by atoms with Gasteiger partial charge in [-0.3, -0.25) is 19.7 Å². The number of carbonyl (C=O) groups is 1. The molecule has 10 nitrogen and oxygen atoms in total. The van der Waals surface area contributed by atoms with Gasteiger partial charge in [-0.1, -0.05) is 13.3 Å². The maximum atomic E-state index is 12.1. The molecule has 1 amide bonds. The minimum atomic E-state index is -0.691. The number of hydrogen-bond donors (Lipinski definition) is 1. The number of nitrogens with zero attached hydrogens (tertiary/aromatic N) is 3. The van der Waals surface area contributed by atoms with Crippen LogP contribution in [0.15, 0.2) is 40.4 Å². The summed E-state index contributed by atoms with van der Waals surface area (Å²) in [5, 5.41) is 15.2. The number of rotatable bonds is 9. The molecule has 0 aliphatic rings. The molecule has 29 heavy (non-hydrogen) atoms. The Morgan fingerprint density at radius 3 is 2.83 bits per heavy atom. The summed E-state index contributed by atoms with van der Waals surface area (Å²) in [7, 11) is 2.90. The van der Waals surface area contributed by atoms with E-state index in [0.29, 0.717) is 12.2 Å².